The van der Waals surface area contributed by atoms with Gasteiger partial charge in [0.1, 0.15) is 6.10 Å². The van der Waals surface area contributed by atoms with E-state index in [1.807, 2.05) is 43.0 Å². The van der Waals surface area contributed by atoms with Crippen LogP contribution >= 0.6 is 15.9 Å². The van der Waals surface area contributed by atoms with Crippen LogP contribution in [0.3, 0.4) is 0 Å². The molecule has 1 fully saturated rings. The number of hydrogen-bond acceptors (Lipinski definition) is 3. The molecule has 21 heavy (non-hydrogen) atoms. The van der Waals surface area contributed by atoms with Gasteiger partial charge in [-0.05, 0) is 31.0 Å². The third-order valence-electron chi connectivity index (χ3n) is 3.83. The van der Waals surface area contributed by atoms with Crippen molar-refractivity contribution in [3.8, 4) is 0 Å². The number of rotatable bonds is 4. The van der Waals surface area contributed by atoms with Crippen LogP contribution in [0, 0.1) is 0 Å². The van der Waals surface area contributed by atoms with Crippen LogP contribution in [-0.4, -0.2) is 36.0 Å². The van der Waals surface area contributed by atoms with Gasteiger partial charge in [-0.2, -0.15) is 0 Å². The predicted molar refractivity (Wildman–Crippen MR) is 86.9 cm³/mol. The number of morpholine rings is 1. The van der Waals surface area contributed by atoms with Gasteiger partial charge in [-0.15, -0.1) is 0 Å². The Hall–Kier alpha value is -0.910. The Morgan fingerprint density at radius 2 is 2.33 bits per heavy atom. The molecule has 0 radical (unpaired) electrons. The second-order valence-electron chi connectivity index (χ2n) is 5.83. The van der Waals surface area contributed by atoms with Gasteiger partial charge in [-0.1, -0.05) is 41.4 Å². The van der Waals surface area contributed by atoms with Gasteiger partial charge in [0.2, 0.25) is 5.91 Å². The van der Waals surface area contributed by atoms with Gasteiger partial charge >= 0.3 is 0 Å². The monoisotopic (exact) mass is 354 g/mol. The number of halogens is 1. The summed E-state index contributed by atoms with van der Waals surface area (Å²) in [6.07, 6.45) is 1.51. The predicted octanol–water partition coefficient (Wildman–Crippen LogP) is 2.87. The third-order valence-corrected chi connectivity index (χ3v) is 4.33. The molecule has 1 aliphatic heterocycles. The second-order valence-corrected chi connectivity index (χ2v) is 6.75. The lowest BCUT2D eigenvalue weighted by atomic mass is 9.95. The van der Waals surface area contributed by atoms with E-state index in [4.69, 9.17) is 10.5 Å². The second kappa shape index (κ2) is 6.90. The molecule has 2 N–H and O–H groups in total. The van der Waals surface area contributed by atoms with Crippen LogP contribution in [0.1, 0.15) is 38.4 Å². The average Bonchev–Trinajstić information content (AvgIpc) is 2.46. The molecule has 0 aliphatic carbocycles. The number of nitrogens with zero attached hydrogens (tertiary/aromatic N) is 1. The highest BCUT2D eigenvalue weighted by molar-refractivity contribution is 9.10. The summed E-state index contributed by atoms with van der Waals surface area (Å²) in [6, 6.07) is 8.02. The molecule has 116 valence electrons. The molecule has 2 rings (SSSR count). The number of amides is 1. The van der Waals surface area contributed by atoms with Crippen LogP contribution in [0.25, 0.3) is 0 Å². The van der Waals surface area contributed by atoms with Crippen LogP contribution in [-0.2, 0) is 9.53 Å². The number of carbonyl (C=O) groups is 1. The molecule has 2 unspecified atom stereocenters. The maximum atomic E-state index is 12.6. The van der Waals surface area contributed by atoms with Crippen molar-refractivity contribution in [1.82, 2.24) is 4.90 Å². The molecule has 1 heterocycles. The topological polar surface area (TPSA) is 55.6 Å². The summed E-state index contributed by atoms with van der Waals surface area (Å²) in [5.41, 5.74) is 6.47. The minimum Gasteiger partial charge on any atom is -0.370 e. The van der Waals surface area contributed by atoms with Gasteiger partial charge in [0.15, 0.2) is 0 Å². The molecule has 0 aromatic heterocycles. The molecule has 1 aromatic rings. The molecule has 2 atom stereocenters. The Morgan fingerprint density at radius 1 is 1.57 bits per heavy atom. The standard InChI is InChI=1S/C16H23BrN2O2/c1-3-7-16(2,18)15(20)19-8-9-21-14(11-19)12-5-4-6-13(17)10-12/h4-6,10,14H,3,7-9,11,18H2,1-2H3. The average molecular weight is 355 g/mol. The number of carbonyl (C=O) groups excluding carboxylic acids is 1. The maximum Gasteiger partial charge on any atom is 0.242 e. The summed E-state index contributed by atoms with van der Waals surface area (Å²) in [4.78, 5) is 14.4. The summed E-state index contributed by atoms with van der Waals surface area (Å²) in [6.45, 7) is 5.58. The Labute approximate surface area is 134 Å². The van der Waals surface area contributed by atoms with E-state index in [1.165, 1.54) is 0 Å². The lowest BCUT2D eigenvalue weighted by molar-refractivity contribution is -0.144. The summed E-state index contributed by atoms with van der Waals surface area (Å²) < 4.78 is 6.83. The lowest BCUT2D eigenvalue weighted by Crippen LogP contribution is -2.56. The van der Waals surface area contributed by atoms with E-state index in [2.05, 4.69) is 15.9 Å². The largest absolute Gasteiger partial charge is 0.370 e. The van der Waals surface area contributed by atoms with Gasteiger partial charge < -0.3 is 15.4 Å². The minimum absolute atomic E-state index is 0.0210. The number of benzene rings is 1. The highest BCUT2D eigenvalue weighted by Crippen LogP contribution is 2.26. The summed E-state index contributed by atoms with van der Waals surface area (Å²) in [5.74, 6) is 0.0210. The van der Waals surface area contributed by atoms with Gasteiger partial charge in [0, 0.05) is 11.0 Å². The van der Waals surface area contributed by atoms with Gasteiger partial charge in [0.05, 0.1) is 18.7 Å². The lowest BCUT2D eigenvalue weighted by Gasteiger charge is -2.37. The zero-order valence-electron chi connectivity index (χ0n) is 12.6. The van der Waals surface area contributed by atoms with Crippen molar-refractivity contribution in [2.24, 2.45) is 5.73 Å². The van der Waals surface area contributed by atoms with Crippen LogP contribution < -0.4 is 5.73 Å². The van der Waals surface area contributed by atoms with Crippen LogP contribution in [0.4, 0.5) is 0 Å². The van der Waals surface area contributed by atoms with Crippen molar-refractivity contribution in [3.05, 3.63) is 34.3 Å². The van der Waals surface area contributed by atoms with E-state index in [0.717, 1.165) is 16.5 Å². The third kappa shape index (κ3) is 4.05. The summed E-state index contributed by atoms with van der Waals surface area (Å²) in [5, 5.41) is 0. The Bertz CT molecular complexity index is 505. The molecular weight excluding hydrogens is 332 g/mol. The highest BCUT2D eigenvalue weighted by atomic mass is 79.9. The smallest absolute Gasteiger partial charge is 0.242 e. The quantitative estimate of drug-likeness (QED) is 0.904. The first-order chi connectivity index (χ1) is 9.94. The molecule has 0 spiro atoms. The molecular formula is C16H23BrN2O2. The normalized spacial score (nSPS) is 21.9. The van der Waals surface area contributed by atoms with Gasteiger partial charge in [-0.25, -0.2) is 0 Å². The first kappa shape index (κ1) is 16.5. The summed E-state index contributed by atoms with van der Waals surface area (Å²) >= 11 is 3.47. The van der Waals surface area contributed by atoms with E-state index in [0.29, 0.717) is 26.1 Å². The first-order valence-corrected chi connectivity index (χ1v) is 8.18. The van der Waals surface area contributed by atoms with Crippen molar-refractivity contribution in [1.29, 1.82) is 0 Å². The molecule has 1 aromatic carbocycles. The highest BCUT2D eigenvalue weighted by Gasteiger charge is 2.35. The van der Waals surface area contributed by atoms with Gasteiger partial charge in [0.25, 0.3) is 0 Å². The summed E-state index contributed by atoms with van der Waals surface area (Å²) in [7, 11) is 0. The van der Waals surface area contributed by atoms with E-state index in [9.17, 15) is 4.79 Å². The van der Waals surface area contributed by atoms with Crippen molar-refractivity contribution >= 4 is 21.8 Å². The molecule has 1 aliphatic rings. The number of hydrogen-bond donors (Lipinski definition) is 1. The fourth-order valence-electron chi connectivity index (χ4n) is 2.73. The Kier molecular flexibility index (Phi) is 5.41. The first-order valence-electron chi connectivity index (χ1n) is 7.39. The van der Waals surface area contributed by atoms with E-state index in [1.54, 1.807) is 0 Å². The van der Waals surface area contributed by atoms with Crippen molar-refractivity contribution in [2.45, 2.75) is 38.3 Å². The van der Waals surface area contributed by atoms with Crippen molar-refractivity contribution in [3.63, 3.8) is 0 Å². The van der Waals surface area contributed by atoms with Crippen LogP contribution in [0.15, 0.2) is 28.7 Å². The fourth-order valence-corrected chi connectivity index (χ4v) is 3.15. The van der Waals surface area contributed by atoms with Crippen LogP contribution in [0.5, 0.6) is 0 Å². The van der Waals surface area contributed by atoms with Crippen molar-refractivity contribution in [2.75, 3.05) is 19.7 Å². The van der Waals surface area contributed by atoms with E-state index in [-0.39, 0.29) is 12.0 Å². The number of ether oxygens (including phenoxy) is 1. The molecule has 0 saturated carbocycles. The van der Waals surface area contributed by atoms with E-state index < -0.39 is 5.54 Å². The Balaban J connectivity index is 2.09. The zero-order chi connectivity index (χ0) is 15.5. The molecule has 0 bridgehead atoms. The SMILES string of the molecule is CCCC(C)(N)C(=O)N1CCOC(c2cccc(Br)c2)C1. The van der Waals surface area contributed by atoms with Gasteiger partial charge in [-0.3, -0.25) is 4.79 Å². The van der Waals surface area contributed by atoms with Crippen molar-refractivity contribution < 1.29 is 9.53 Å². The molecule has 4 nitrogen and oxygen atoms in total. The number of nitrogens with two attached hydrogens (primary N) is 1. The molecule has 1 amide bonds. The maximum absolute atomic E-state index is 12.6. The minimum atomic E-state index is -0.784. The zero-order valence-corrected chi connectivity index (χ0v) is 14.2. The fraction of sp³-hybridized carbons (Fsp3) is 0.562. The molecule has 1 saturated heterocycles. The molecule has 5 heteroatoms. The van der Waals surface area contributed by atoms with Crippen LogP contribution in [0.2, 0.25) is 0 Å². The van der Waals surface area contributed by atoms with E-state index >= 15 is 0 Å². The Morgan fingerprint density at radius 3 is 3.00 bits per heavy atom.